The Labute approximate surface area is 129 Å². The molecule has 4 heteroatoms. The van der Waals surface area contributed by atoms with Crippen molar-refractivity contribution in [1.82, 2.24) is 0 Å². The van der Waals surface area contributed by atoms with E-state index in [0.717, 1.165) is 5.56 Å². The van der Waals surface area contributed by atoms with Gasteiger partial charge in [0.05, 0.1) is 0 Å². The molecule has 0 bridgehead atoms. The van der Waals surface area contributed by atoms with Gasteiger partial charge in [0, 0.05) is 24.0 Å². The number of para-hydroxylation sites is 1. The lowest BCUT2D eigenvalue weighted by molar-refractivity contribution is -0.312. The van der Waals surface area contributed by atoms with Crippen LogP contribution in [0.5, 0.6) is 0 Å². The number of nitrogens with one attached hydrogen (secondary N) is 1. The van der Waals surface area contributed by atoms with Gasteiger partial charge in [0.25, 0.3) is 0 Å². The average molecular weight is 296 g/mol. The first kappa shape index (κ1) is 15.8. The number of hydrogen-bond acceptors (Lipinski definition) is 3. The molecule has 0 saturated carbocycles. The molecule has 22 heavy (non-hydrogen) atoms. The van der Waals surface area contributed by atoms with Gasteiger partial charge in [0.1, 0.15) is 0 Å². The Bertz CT molecular complexity index is 625. The molecule has 0 aromatic heterocycles. The van der Waals surface area contributed by atoms with Crippen molar-refractivity contribution in [3.8, 4) is 0 Å². The first-order chi connectivity index (χ1) is 10.6. The van der Waals surface area contributed by atoms with Gasteiger partial charge in [-0.15, -0.1) is 0 Å². The van der Waals surface area contributed by atoms with Crippen LogP contribution >= 0.6 is 0 Å². The molecule has 2 rings (SSSR count). The van der Waals surface area contributed by atoms with E-state index in [9.17, 15) is 14.7 Å². The molecular weight excluding hydrogens is 278 g/mol. The van der Waals surface area contributed by atoms with Gasteiger partial charge in [0.2, 0.25) is 5.91 Å². The van der Waals surface area contributed by atoms with E-state index < -0.39 is 11.9 Å². The molecule has 0 heterocycles. The van der Waals surface area contributed by atoms with Gasteiger partial charge in [-0.05, 0) is 23.6 Å². The topological polar surface area (TPSA) is 69.2 Å². The van der Waals surface area contributed by atoms with E-state index in [0.29, 0.717) is 5.69 Å². The minimum atomic E-state index is -1.21. The third-order valence-corrected chi connectivity index (χ3v) is 3.69. The standard InChI is InChI=1S/C18H19NO3/c1-13(14-8-4-2-5-9-14)16(18(21)22)12-17(20)19-15-10-6-3-7-11-15/h2-11,13,16H,12H2,1H3,(H,19,20)(H,21,22)/p-1/t13-,16-/m0/s1. The summed E-state index contributed by atoms with van der Waals surface area (Å²) in [4.78, 5) is 23.5. The summed E-state index contributed by atoms with van der Waals surface area (Å²) < 4.78 is 0. The van der Waals surface area contributed by atoms with Crippen LogP contribution < -0.4 is 10.4 Å². The number of aliphatic carboxylic acids is 1. The van der Waals surface area contributed by atoms with Crippen LogP contribution in [0, 0.1) is 5.92 Å². The smallest absolute Gasteiger partial charge is 0.225 e. The van der Waals surface area contributed by atoms with Crippen LogP contribution in [0.25, 0.3) is 0 Å². The molecule has 2 aromatic rings. The molecule has 0 aliphatic rings. The SMILES string of the molecule is C[C@@H](c1ccccc1)[C@H](CC(=O)Nc1ccccc1)C(=O)[O-]. The molecule has 4 nitrogen and oxygen atoms in total. The summed E-state index contributed by atoms with van der Waals surface area (Å²) in [6.07, 6.45) is -0.118. The number of rotatable bonds is 6. The summed E-state index contributed by atoms with van der Waals surface area (Å²) in [7, 11) is 0. The fraction of sp³-hybridized carbons (Fsp3) is 0.222. The van der Waals surface area contributed by atoms with Crippen LogP contribution in [-0.2, 0) is 9.59 Å². The van der Waals surface area contributed by atoms with Crippen molar-refractivity contribution < 1.29 is 14.7 Å². The monoisotopic (exact) mass is 296 g/mol. The molecule has 0 unspecified atom stereocenters. The van der Waals surface area contributed by atoms with Crippen LogP contribution in [0.15, 0.2) is 60.7 Å². The Hall–Kier alpha value is -2.62. The highest BCUT2D eigenvalue weighted by Gasteiger charge is 2.23. The lowest BCUT2D eigenvalue weighted by Gasteiger charge is -2.25. The molecule has 2 atom stereocenters. The van der Waals surface area contributed by atoms with Crippen molar-refractivity contribution in [2.24, 2.45) is 5.92 Å². The first-order valence-corrected chi connectivity index (χ1v) is 7.18. The fourth-order valence-electron chi connectivity index (χ4n) is 2.39. The summed E-state index contributed by atoms with van der Waals surface area (Å²) >= 11 is 0. The maximum atomic E-state index is 12.1. The van der Waals surface area contributed by atoms with Crippen molar-refractivity contribution in [2.75, 3.05) is 5.32 Å². The minimum Gasteiger partial charge on any atom is -0.550 e. The lowest BCUT2D eigenvalue weighted by Crippen LogP contribution is -2.36. The van der Waals surface area contributed by atoms with Gasteiger partial charge in [-0.1, -0.05) is 55.5 Å². The highest BCUT2D eigenvalue weighted by molar-refractivity contribution is 5.93. The Balaban J connectivity index is 2.06. The predicted molar refractivity (Wildman–Crippen MR) is 83.0 cm³/mol. The van der Waals surface area contributed by atoms with Crippen LogP contribution in [0.1, 0.15) is 24.8 Å². The van der Waals surface area contributed by atoms with Crippen molar-refractivity contribution in [1.29, 1.82) is 0 Å². The zero-order valence-corrected chi connectivity index (χ0v) is 12.4. The Morgan fingerprint density at radius 1 is 1.00 bits per heavy atom. The maximum Gasteiger partial charge on any atom is 0.225 e. The van der Waals surface area contributed by atoms with Gasteiger partial charge < -0.3 is 15.2 Å². The number of carbonyl (C=O) groups excluding carboxylic acids is 2. The number of benzene rings is 2. The highest BCUT2D eigenvalue weighted by Crippen LogP contribution is 2.26. The molecule has 0 saturated heterocycles. The number of carboxylic acid groups (broad SMARTS) is 1. The molecular formula is C18H18NO3-. The summed E-state index contributed by atoms with van der Waals surface area (Å²) in [6, 6.07) is 18.2. The average Bonchev–Trinajstić information content (AvgIpc) is 2.53. The molecule has 0 aliphatic heterocycles. The Morgan fingerprint density at radius 2 is 1.55 bits per heavy atom. The number of carbonyl (C=O) groups is 2. The first-order valence-electron chi connectivity index (χ1n) is 7.18. The van der Waals surface area contributed by atoms with E-state index in [4.69, 9.17) is 0 Å². The van der Waals surface area contributed by atoms with Gasteiger partial charge in [-0.25, -0.2) is 0 Å². The lowest BCUT2D eigenvalue weighted by atomic mass is 9.85. The Morgan fingerprint density at radius 3 is 2.09 bits per heavy atom. The summed E-state index contributed by atoms with van der Waals surface area (Å²) in [6.45, 7) is 1.80. The van der Waals surface area contributed by atoms with Crippen LogP contribution in [0.4, 0.5) is 5.69 Å². The third-order valence-electron chi connectivity index (χ3n) is 3.69. The maximum absolute atomic E-state index is 12.1. The predicted octanol–water partition coefficient (Wildman–Crippen LogP) is 2.18. The Kier molecular flexibility index (Phi) is 5.31. The molecule has 0 spiro atoms. The molecule has 2 aromatic carbocycles. The number of anilines is 1. The zero-order valence-electron chi connectivity index (χ0n) is 12.4. The number of amides is 1. The van der Waals surface area contributed by atoms with E-state index in [2.05, 4.69) is 5.32 Å². The van der Waals surface area contributed by atoms with Crippen molar-refractivity contribution in [2.45, 2.75) is 19.3 Å². The summed E-state index contributed by atoms with van der Waals surface area (Å²) in [5, 5.41) is 14.1. The van der Waals surface area contributed by atoms with E-state index in [1.165, 1.54) is 0 Å². The van der Waals surface area contributed by atoms with Crippen LogP contribution in [0.2, 0.25) is 0 Å². The van der Waals surface area contributed by atoms with E-state index >= 15 is 0 Å². The zero-order chi connectivity index (χ0) is 15.9. The second-order valence-corrected chi connectivity index (χ2v) is 5.24. The highest BCUT2D eigenvalue weighted by atomic mass is 16.4. The normalized spacial score (nSPS) is 13.1. The summed E-state index contributed by atoms with van der Waals surface area (Å²) in [5.74, 6) is -2.71. The fourth-order valence-corrected chi connectivity index (χ4v) is 2.39. The molecule has 0 radical (unpaired) electrons. The molecule has 1 N–H and O–H groups in total. The second-order valence-electron chi connectivity index (χ2n) is 5.24. The molecule has 0 fully saturated rings. The van der Waals surface area contributed by atoms with E-state index in [-0.39, 0.29) is 18.2 Å². The molecule has 114 valence electrons. The van der Waals surface area contributed by atoms with Crippen molar-refractivity contribution >= 4 is 17.6 Å². The minimum absolute atomic E-state index is 0.118. The van der Waals surface area contributed by atoms with Gasteiger partial charge in [0.15, 0.2) is 0 Å². The quantitative estimate of drug-likeness (QED) is 0.888. The number of carboxylic acids is 1. The summed E-state index contributed by atoms with van der Waals surface area (Å²) in [5.41, 5.74) is 1.53. The van der Waals surface area contributed by atoms with Gasteiger partial charge >= 0.3 is 0 Å². The van der Waals surface area contributed by atoms with E-state index in [1.54, 1.807) is 31.2 Å². The van der Waals surface area contributed by atoms with Crippen LogP contribution in [0.3, 0.4) is 0 Å². The van der Waals surface area contributed by atoms with Crippen LogP contribution in [-0.4, -0.2) is 11.9 Å². The largest absolute Gasteiger partial charge is 0.550 e. The van der Waals surface area contributed by atoms with E-state index in [1.807, 2.05) is 36.4 Å². The van der Waals surface area contributed by atoms with Crippen molar-refractivity contribution in [3.63, 3.8) is 0 Å². The molecule has 1 amide bonds. The number of hydrogen-bond donors (Lipinski definition) is 1. The third kappa shape index (κ3) is 4.19. The van der Waals surface area contributed by atoms with Gasteiger partial charge in [-0.3, -0.25) is 4.79 Å². The van der Waals surface area contributed by atoms with Crippen molar-refractivity contribution in [3.05, 3.63) is 66.2 Å². The van der Waals surface area contributed by atoms with Gasteiger partial charge in [-0.2, -0.15) is 0 Å². The molecule has 0 aliphatic carbocycles. The second kappa shape index (κ2) is 7.41.